The van der Waals surface area contributed by atoms with Gasteiger partial charge in [-0.2, -0.15) is 0 Å². The van der Waals surface area contributed by atoms with Gasteiger partial charge >= 0.3 is 0 Å². The highest BCUT2D eigenvalue weighted by atomic mass is 16.5. The number of hydrogen-bond donors (Lipinski definition) is 3. The smallest absolute Gasteiger partial charge is 0.249 e. The van der Waals surface area contributed by atoms with E-state index in [4.69, 9.17) is 15.0 Å². The van der Waals surface area contributed by atoms with Crippen LogP contribution in [0.25, 0.3) is 21.6 Å². The molecule has 35 heavy (non-hydrogen) atoms. The second-order valence-electron chi connectivity index (χ2n) is 8.00. The fourth-order valence-electron chi connectivity index (χ4n) is 3.87. The molecule has 3 aromatic rings. The van der Waals surface area contributed by atoms with Crippen molar-refractivity contribution in [2.24, 2.45) is 5.11 Å². The van der Waals surface area contributed by atoms with Gasteiger partial charge in [-0.25, -0.2) is 15.0 Å². The summed E-state index contributed by atoms with van der Waals surface area (Å²) in [6.45, 7) is 3.27. The summed E-state index contributed by atoms with van der Waals surface area (Å²) >= 11 is 0. The van der Waals surface area contributed by atoms with Crippen molar-refractivity contribution >= 4 is 22.9 Å². The number of unbranched alkanes of at least 4 members (excludes halogenated alkanes) is 1. The number of nitrogens with zero attached hydrogens (tertiary/aromatic N) is 7. The number of amides is 1. The molecule has 2 aromatic heterocycles. The number of carbonyl (C=O) groups is 1. The third-order valence-corrected chi connectivity index (χ3v) is 5.69. The number of rotatable bonds is 10. The number of azide groups is 1. The lowest BCUT2D eigenvalue weighted by Gasteiger charge is -2.16. The summed E-state index contributed by atoms with van der Waals surface area (Å²) in [6, 6.07) is 6.70. The van der Waals surface area contributed by atoms with Crippen molar-refractivity contribution < 1.29 is 19.4 Å². The third-order valence-electron chi connectivity index (χ3n) is 5.69. The predicted molar refractivity (Wildman–Crippen MR) is 126 cm³/mol. The van der Waals surface area contributed by atoms with Crippen LogP contribution < -0.4 is 15.4 Å². The summed E-state index contributed by atoms with van der Waals surface area (Å²) in [5.74, 6) is 0.793. The molecule has 3 heterocycles. The summed E-state index contributed by atoms with van der Waals surface area (Å²) in [4.78, 5) is 27.9. The average Bonchev–Trinajstić information content (AvgIpc) is 3.44. The van der Waals surface area contributed by atoms with Gasteiger partial charge in [-0.15, -0.1) is 0 Å². The normalized spacial score (nSPS) is 21.5. The van der Waals surface area contributed by atoms with E-state index in [0.717, 1.165) is 24.2 Å². The van der Waals surface area contributed by atoms with Crippen LogP contribution in [0.15, 0.2) is 42.0 Å². The minimum atomic E-state index is -1.28. The molecule has 3 N–H and O–H groups in total. The van der Waals surface area contributed by atoms with Crippen LogP contribution in [-0.4, -0.2) is 62.4 Å². The molecule has 0 saturated carbocycles. The van der Waals surface area contributed by atoms with E-state index in [1.165, 1.54) is 24.3 Å². The fraction of sp³-hybridized carbons (Fsp3) is 0.455. The third kappa shape index (κ3) is 5.11. The topological polar surface area (TPSA) is 172 Å². The van der Waals surface area contributed by atoms with Gasteiger partial charge in [0.2, 0.25) is 5.91 Å². The molecule has 1 amide bonds. The van der Waals surface area contributed by atoms with Crippen molar-refractivity contribution in [3.05, 3.63) is 52.9 Å². The number of anilines is 1. The molecular weight excluding hydrogens is 454 g/mol. The lowest BCUT2D eigenvalue weighted by atomic mass is 10.1. The van der Waals surface area contributed by atoms with Gasteiger partial charge in [0.15, 0.2) is 23.2 Å². The SMILES string of the molecule is CCCCOc1cccc(CNc2ncnc3c2ncn3C2OC(C(=O)NC)C(N=[N+]=[N-])C2O)c1. The van der Waals surface area contributed by atoms with E-state index in [2.05, 4.69) is 42.5 Å². The molecule has 1 aromatic carbocycles. The zero-order chi connectivity index (χ0) is 24.8. The monoisotopic (exact) mass is 481 g/mol. The fourth-order valence-corrected chi connectivity index (χ4v) is 3.87. The molecule has 13 nitrogen and oxygen atoms in total. The van der Waals surface area contributed by atoms with Gasteiger partial charge in [0.05, 0.1) is 12.9 Å². The molecular formula is C22H27N9O4. The largest absolute Gasteiger partial charge is 0.494 e. The number of ether oxygens (including phenoxy) is 2. The molecule has 1 saturated heterocycles. The first-order valence-electron chi connectivity index (χ1n) is 11.3. The number of aliphatic hydroxyl groups is 1. The summed E-state index contributed by atoms with van der Waals surface area (Å²) in [5, 5.41) is 20.0. The number of hydrogen-bond acceptors (Lipinski definition) is 9. The predicted octanol–water partition coefficient (Wildman–Crippen LogP) is 2.30. The molecule has 0 aliphatic carbocycles. The Morgan fingerprint density at radius 1 is 1.37 bits per heavy atom. The van der Waals surface area contributed by atoms with Crippen LogP contribution in [0, 0.1) is 0 Å². The Bertz CT molecular complexity index is 1230. The quantitative estimate of drug-likeness (QED) is 0.171. The first-order valence-corrected chi connectivity index (χ1v) is 11.3. The maximum atomic E-state index is 12.2. The lowest BCUT2D eigenvalue weighted by Crippen LogP contribution is -2.40. The maximum Gasteiger partial charge on any atom is 0.249 e. The van der Waals surface area contributed by atoms with Crippen molar-refractivity contribution in [2.45, 2.75) is 50.8 Å². The number of fused-ring (bicyclic) bond motifs is 1. The van der Waals surface area contributed by atoms with E-state index in [-0.39, 0.29) is 0 Å². The molecule has 13 heteroatoms. The van der Waals surface area contributed by atoms with E-state index in [1.807, 2.05) is 24.3 Å². The Morgan fingerprint density at radius 3 is 3.00 bits per heavy atom. The molecule has 0 bridgehead atoms. The summed E-state index contributed by atoms with van der Waals surface area (Å²) in [7, 11) is 1.43. The van der Waals surface area contributed by atoms with Crippen LogP contribution in [0.3, 0.4) is 0 Å². The van der Waals surface area contributed by atoms with Crippen molar-refractivity contribution in [2.75, 3.05) is 19.0 Å². The van der Waals surface area contributed by atoms with Crippen molar-refractivity contribution in [1.29, 1.82) is 0 Å². The molecule has 4 unspecified atom stereocenters. The van der Waals surface area contributed by atoms with E-state index < -0.39 is 30.4 Å². The second-order valence-corrected chi connectivity index (χ2v) is 8.00. The average molecular weight is 482 g/mol. The first kappa shape index (κ1) is 24.2. The minimum absolute atomic E-state index is 0.389. The Labute approximate surface area is 201 Å². The first-order chi connectivity index (χ1) is 17.1. The molecule has 184 valence electrons. The number of benzene rings is 1. The van der Waals surface area contributed by atoms with E-state index in [9.17, 15) is 9.90 Å². The zero-order valence-corrected chi connectivity index (χ0v) is 19.4. The van der Waals surface area contributed by atoms with E-state index >= 15 is 0 Å². The number of aromatic nitrogens is 4. The number of nitrogens with one attached hydrogen (secondary N) is 2. The van der Waals surface area contributed by atoms with Crippen LogP contribution in [-0.2, 0) is 16.1 Å². The molecule has 4 rings (SSSR count). The van der Waals surface area contributed by atoms with Gasteiger partial charge in [-0.1, -0.05) is 30.6 Å². The Hall–Kier alpha value is -3.93. The number of imidazole rings is 1. The Balaban J connectivity index is 1.53. The van der Waals surface area contributed by atoms with Crippen molar-refractivity contribution in [1.82, 2.24) is 24.8 Å². The van der Waals surface area contributed by atoms with Crippen LogP contribution in [0.2, 0.25) is 0 Å². The molecule has 1 fully saturated rings. The number of aliphatic hydroxyl groups excluding tert-OH is 1. The van der Waals surface area contributed by atoms with Gasteiger partial charge in [-0.05, 0) is 29.6 Å². The summed E-state index contributed by atoms with van der Waals surface area (Å²) < 4.78 is 13.0. The number of likely N-dealkylation sites (N-methyl/N-ethyl adjacent to an activating group) is 1. The highest BCUT2D eigenvalue weighted by molar-refractivity contribution is 5.83. The summed E-state index contributed by atoms with van der Waals surface area (Å²) in [6.07, 6.45) is 1.41. The highest BCUT2D eigenvalue weighted by Crippen LogP contribution is 2.34. The molecule has 0 radical (unpaired) electrons. The van der Waals surface area contributed by atoms with Crippen LogP contribution in [0.4, 0.5) is 5.82 Å². The lowest BCUT2D eigenvalue weighted by molar-refractivity contribution is -0.134. The molecule has 1 aliphatic rings. The van der Waals surface area contributed by atoms with Gasteiger partial charge in [0.25, 0.3) is 0 Å². The van der Waals surface area contributed by atoms with E-state index in [1.54, 1.807) is 0 Å². The standard InChI is InChI=1S/C22H27N9O4/c1-3-4-8-34-14-7-5-6-13(9-14)10-25-19-16-20(27-11-26-19)31(12-28-16)22-17(32)15(29-30-23)18(35-22)21(33)24-2/h5-7,9,11-12,15,17-18,22,32H,3-4,8,10H2,1-2H3,(H,24,33)(H,25,26,27). The maximum absolute atomic E-state index is 12.2. The Morgan fingerprint density at radius 2 is 2.23 bits per heavy atom. The molecule has 1 aliphatic heterocycles. The second kappa shape index (κ2) is 11.0. The number of carbonyl (C=O) groups excluding carboxylic acids is 1. The summed E-state index contributed by atoms with van der Waals surface area (Å²) in [5.41, 5.74) is 10.7. The van der Waals surface area contributed by atoms with Crippen molar-refractivity contribution in [3.63, 3.8) is 0 Å². The van der Waals surface area contributed by atoms with Gasteiger partial charge < -0.3 is 25.2 Å². The van der Waals surface area contributed by atoms with Crippen LogP contribution >= 0.6 is 0 Å². The van der Waals surface area contributed by atoms with Gasteiger partial charge in [0, 0.05) is 18.5 Å². The van der Waals surface area contributed by atoms with Crippen molar-refractivity contribution in [3.8, 4) is 5.75 Å². The van der Waals surface area contributed by atoms with Crippen LogP contribution in [0.5, 0.6) is 5.75 Å². The Kier molecular flexibility index (Phi) is 7.60. The van der Waals surface area contributed by atoms with Crippen LogP contribution in [0.1, 0.15) is 31.6 Å². The zero-order valence-electron chi connectivity index (χ0n) is 19.4. The van der Waals surface area contributed by atoms with Gasteiger partial charge in [-0.3, -0.25) is 9.36 Å². The van der Waals surface area contributed by atoms with Gasteiger partial charge in [0.1, 0.15) is 30.3 Å². The van der Waals surface area contributed by atoms with E-state index in [0.29, 0.717) is 30.1 Å². The molecule has 4 atom stereocenters. The minimum Gasteiger partial charge on any atom is -0.494 e. The molecule has 0 spiro atoms. The highest BCUT2D eigenvalue weighted by Gasteiger charge is 2.48.